The Morgan fingerprint density at radius 1 is 1.18 bits per heavy atom. The molecule has 1 spiro atoms. The molecular weight excluding hydrogens is 443 g/mol. The van der Waals surface area contributed by atoms with Crippen LogP contribution in [0.2, 0.25) is 0 Å². The number of aryl methyl sites for hydroxylation is 1. The van der Waals surface area contributed by atoms with E-state index in [0.29, 0.717) is 24.6 Å². The van der Waals surface area contributed by atoms with E-state index in [-0.39, 0.29) is 17.4 Å². The molecule has 1 atom stereocenters. The van der Waals surface area contributed by atoms with Crippen LogP contribution in [0.4, 0.5) is 19.0 Å². The Balaban J connectivity index is 1.37. The molecule has 1 aliphatic carbocycles. The van der Waals surface area contributed by atoms with Crippen LogP contribution in [0, 0.1) is 12.3 Å². The standard InChI is InChI=1S/C25H24F3N5O/c1-16-4-6-20(17-3-2-10-29-12-17)22(32-16)23(34)33-15-24(8-9-24)11-19(33)14-31-21-7-5-18(13-30-21)25(26,27)28/h2-7,10,12-13,19H,8-9,11,14-15H2,1H3,(H,30,31). The lowest BCUT2D eigenvalue weighted by Crippen LogP contribution is -2.40. The fraction of sp³-hybridized carbons (Fsp3) is 0.360. The molecular formula is C25H24F3N5O. The Kier molecular flexibility index (Phi) is 5.50. The lowest BCUT2D eigenvalue weighted by atomic mass is 10.0. The van der Waals surface area contributed by atoms with Crippen LogP contribution in [0.1, 0.15) is 41.0 Å². The summed E-state index contributed by atoms with van der Waals surface area (Å²) in [4.78, 5) is 28.3. The molecule has 6 nitrogen and oxygen atoms in total. The average Bonchev–Trinajstić information content (AvgIpc) is 3.48. The summed E-state index contributed by atoms with van der Waals surface area (Å²) in [7, 11) is 0. The Hall–Kier alpha value is -3.49. The molecule has 2 aliphatic rings. The molecule has 1 saturated heterocycles. The van der Waals surface area contributed by atoms with Gasteiger partial charge in [0.15, 0.2) is 0 Å². The predicted molar refractivity (Wildman–Crippen MR) is 121 cm³/mol. The monoisotopic (exact) mass is 467 g/mol. The van der Waals surface area contributed by atoms with Gasteiger partial charge in [-0.25, -0.2) is 9.97 Å². The van der Waals surface area contributed by atoms with Gasteiger partial charge in [-0.1, -0.05) is 12.1 Å². The molecule has 0 aromatic carbocycles. The molecule has 1 aliphatic heterocycles. The van der Waals surface area contributed by atoms with Crippen molar-refractivity contribution in [2.75, 3.05) is 18.4 Å². The number of hydrogen-bond donors (Lipinski definition) is 1. The molecule has 4 heterocycles. The largest absolute Gasteiger partial charge is 0.417 e. The van der Waals surface area contributed by atoms with Gasteiger partial charge in [-0.3, -0.25) is 9.78 Å². The second kappa shape index (κ2) is 8.38. The van der Waals surface area contributed by atoms with Crippen LogP contribution in [-0.2, 0) is 6.18 Å². The molecule has 1 saturated carbocycles. The van der Waals surface area contributed by atoms with Crippen LogP contribution in [0.3, 0.4) is 0 Å². The highest BCUT2D eigenvalue weighted by molar-refractivity contribution is 5.99. The van der Waals surface area contributed by atoms with Crippen LogP contribution in [0.5, 0.6) is 0 Å². The Morgan fingerprint density at radius 2 is 2.00 bits per heavy atom. The van der Waals surface area contributed by atoms with Gasteiger partial charge in [0.05, 0.1) is 5.56 Å². The van der Waals surface area contributed by atoms with Gasteiger partial charge < -0.3 is 10.2 Å². The van der Waals surface area contributed by atoms with E-state index in [2.05, 4.69) is 20.3 Å². The highest BCUT2D eigenvalue weighted by Gasteiger charge is 2.53. The first kappa shape index (κ1) is 22.3. The number of carbonyl (C=O) groups excluding carboxylic acids is 1. The summed E-state index contributed by atoms with van der Waals surface area (Å²) in [6, 6.07) is 9.71. The van der Waals surface area contributed by atoms with Crippen molar-refractivity contribution in [3.8, 4) is 11.1 Å². The maximum atomic E-state index is 13.8. The minimum Gasteiger partial charge on any atom is -0.368 e. The number of halogens is 3. The van der Waals surface area contributed by atoms with Crippen molar-refractivity contribution in [1.82, 2.24) is 19.9 Å². The second-order valence-electron chi connectivity index (χ2n) is 9.19. The number of nitrogens with one attached hydrogen (secondary N) is 1. The SMILES string of the molecule is Cc1ccc(-c2cccnc2)c(C(=O)N2CC3(CC3)CC2CNc2ccc(C(F)(F)F)cn2)n1. The van der Waals surface area contributed by atoms with Crippen LogP contribution in [0.15, 0.2) is 55.0 Å². The van der Waals surface area contributed by atoms with Crippen molar-refractivity contribution in [3.05, 3.63) is 71.9 Å². The first-order valence-corrected chi connectivity index (χ1v) is 11.2. The minimum atomic E-state index is -4.43. The number of rotatable bonds is 5. The lowest BCUT2D eigenvalue weighted by molar-refractivity contribution is -0.137. The molecule has 3 aromatic rings. The number of pyridine rings is 3. The van der Waals surface area contributed by atoms with Gasteiger partial charge in [0.2, 0.25) is 0 Å². The second-order valence-corrected chi connectivity index (χ2v) is 9.19. The van der Waals surface area contributed by atoms with Crippen LogP contribution in [-0.4, -0.2) is 44.9 Å². The molecule has 5 rings (SSSR count). The number of amides is 1. The Labute approximate surface area is 195 Å². The number of nitrogens with zero attached hydrogens (tertiary/aromatic N) is 4. The van der Waals surface area contributed by atoms with E-state index in [1.807, 2.05) is 36.1 Å². The highest BCUT2D eigenvalue weighted by atomic mass is 19.4. The van der Waals surface area contributed by atoms with E-state index in [9.17, 15) is 18.0 Å². The Bertz CT molecular complexity index is 1190. The van der Waals surface area contributed by atoms with Crippen molar-refractivity contribution in [2.24, 2.45) is 5.41 Å². The number of carbonyl (C=O) groups is 1. The zero-order valence-corrected chi connectivity index (χ0v) is 18.6. The number of aromatic nitrogens is 3. The molecule has 0 bridgehead atoms. The fourth-order valence-electron chi connectivity index (χ4n) is 4.62. The summed E-state index contributed by atoms with van der Waals surface area (Å²) >= 11 is 0. The molecule has 1 N–H and O–H groups in total. The molecule has 0 radical (unpaired) electrons. The quantitative estimate of drug-likeness (QED) is 0.574. The van der Waals surface area contributed by atoms with E-state index < -0.39 is 11.7 Å². The summed E-state index contributed by atoms with van der Waals surface area (Å²) < 4.78 is 38.4. The number of anilines is 1. The van der Waals surface area contributed by atoms with E-state index in [4.69, 9.17) is 0 Å². The highest BCUT2D eigenvalue weighted by Crippen LogP contribution is 2.55. The van der Waals surface area contributed by atoms with Crippen molar-refractivity contribution in [2.45, 2.75) is 38.4 Å². The number of alkyl halides is 3. The lowest BCUT2D eigenvalue weighted by Gasteiger charge is -2.26. The van der Waals surface area contributed by atoms with Crippen LogP contribution >= 0.6 is 0 Å². The van der Waals surface area contributed by atoms with Crippen molar-refractivity contribution in [3.63, 3.8) is 0 Å². The maximum Gasteiger partial charge on any atom is 0.417 e. The van der Waals surface area contributed by atoms with Gasteiger partial charge in [0.25, 0.3) is 5.91 Å². The number of hydrogen-bond acceptors (Lipinski definition) is 5. The third-order valence-corrected chi connectivity index (χ3v) is 6.65. The van der Waals surface area contributed by atoms with Crippen molar-refractivity contribution in [1.29, 1.82) is 0 Å². The zero-order valence-electron chi connectivity index (χ0n) is 18.6. The summed E-state index contributed by atoms with van der Waals surface area (Å²) in [5.74, 6) is 0.209. The van der Waals surface area contributed by atoms with Gasteiger partial charge in [0.1, 0.15) is 11.5 Å². The third-order valence-electron chi connectivity index (χ3n) is 6.65. The van der Waals surface area contributed by atoms with E-state index in [1.165, 1.54) is 6.07 Å². The smallest absolute Gasteiger partial charge is 0.368 e. The van der Waals surface area contributed by atoms with Gasteiger partial charge in [-0.05, 0) is 55.9 Å². The van der Waals surface area contributed by atoms with Gasteiger partial charge in [-0.15, -0.1) is 0 Å². The van der Waals surface area contributed by atoms with Gasteiger partial charge in [-0.2, -0.15) is 13.2 Å². The van der Waals surface area contributed by atoms with Gasteiger partial charge in [0, 0.05) is 54.5 Å². The molecule has 3 aromatic heterocycles. The molecule has 9 heteroatoms. The topological polar surface area (TPSA) is 71.0 Å². The summed E-state index contributed by atoms with van der Waals surface area (Å²) in [5.41, 5.74) is 2.04. The normalized spacial score (nSPS) is 18.8. The first-order chi connectivity index (χ1) is 16.2. The molecule has 34 heavy (non-hydrogen) atoms. The predicted octanol–water partition coefficient (Wildman–Crippen LogP) is 4.97. The summed E-state index contributed by atoms with van der Waals surface area (Å²) in [6.45, 7) is 2.91. The summed E-state index contributed by atoms with van der Waals surface area (Å²) in [6.07, 6.45) is 2.78. The zero-order chi connectivity index (χ0) is 23.9. The van der Waals surface area contributed by atoms with E-state index in [0.717, 1.165) is 48.3 Å². The van der Waals surface area contributed by atoms with Crippen LogP contribution < -0.4 is 5.32 Å². The van der Waals surface area contributed by atoms with E-state index in [1.54, 1.807) is 12.4 Å². The van der Waals surface area contributed by atoms with Crippen LogP contribution in [0.25, 0.3) is 11.1 Å². The first-order valence-electron chi connectivity index (χ1n) is 11.2. The van der Waals surface area contributed by atoms with Crippen molar-refractivity contribution >= 4 is 11.7 Å². The van der Waals surface area contributed by atoms with E-state index >= 15 is 0 Å². The van der Waals surface area contributed by atoms with Gasteiger partial charge >= 0.3 is 6.18 Å². The van der Waals surface area contributed by atoms with Crippen molar-refractivity contribution < 1.29 is 18.0 Å². The fourth-order valence-corrected chi connectivity index (χ4v) is 4.62. The molecule has 2 fully saturated rings. The number of likely N-dealkylation sites (tertiary alicyclic amines) is 1. The average molecular weight is 467 g/mol. The minimum absolute atomic E-state index is 0.108. The summed E-state index contributed by atoms with van der Waals surface area (Å²) in [5, 5.41) is 3.12. The third kappa shape index (κ3) is 4.47. The molecule has 1 amide bonds. The Morgan fingerprint density at radius 3 is 2.65 bits per heavy atom. The molecule has 176 valence electrons. The maximum absolute atomic E-state index is 13.8. The molecule has 1 unspecified atom stereocenters.